The second-order valence-electron chi connectivity index (χ2n) is 14.1. The van der Waals surface area contributed by atoms with Crippen molar-refractivity contribution >= 4 is 38.6 Å². The number of phenols is 1. The topological polar surface area (TPSA) is 91.0 Å². The zero-order chi connectivity index (χ0) is 33.8. The van der Waals surface area contributed by atoms with Crippen molar-refractivity contribution < 1.29 is 27.4 Å². The number of halogens is 3. The number of aromatic hydroxyl groups is 1. The largest absolute Gasteiger partial charge is 0.508 e. The van der Waals surface area contributed by atoms with Gasteiger partial charge in [-0.1, -0.05) is 12.0 Å². The predicted molar refractivity (Wildman–Crippen MR) is 180 cm³/mol. The number of aryl methyl sites for hydroxylation is 1. The van der Waals surface area contributed by atoms with E-state index in [0.717, 1.165) is 32.2 Å². The average molecular weight is 669 g/mol. The van der Waals surface area contributed by atoms with Crippen LogP contribution in [-0.4, -0.2) is 93.5 Å². The molecule has 12 heteroatoms. The van der Waals surface area contributed by atoms with Gasteiger partial charge in [-0.3, -0.25) is 9.80 Å². The summed E-state index contributed by atoms with van der Waals surface area (Å²) in [5, 5.41) is 11.8. The highest BCUT2D eigenvalue weighted by Crippen LogP contribution is 2.46. The second kappa shape index (κ2) is 11.0. The van der Waals surface area contributed by atoms with Crippen molar-refractivity contribution in [1.82, 2.24) is 24.8 Å². The minimum atomic E-state index is -0.935. The van der Waals surface area contributed by atoms with E-state index in [1.807, 2.05) is 0 Å². The number of fused-ring (bicyclic) bond motifs is 7. The summed E-state index contributed by atoms with van der Waals surface area (Å²) in [6.45, 7) is 4.35. The molecule has 4 aliphatic rings. The fraction of sp³-hybridized carbons (Fsp3) is 0.432. The van der Waals surface area contributed by atoms with Crippen LogP contribution in [0.2, 0.25) is 0 Å². The molecule has 9 nitrogen and oxygen atoms in total. The van der Waals surface area contributed by atoms with Crippen molar-refractivity contribution in [3.63, 3.8) is 0 Å². The lowest BCUT2D eigenvalue weighted by Gasteiger charge is -2.39. The van der Waals surface area contributed by atoms with Gasteiger partial charge in [0.2, 0.25) is 0 Å². The van der Waals surface area contributed by atoms with E-state index in [1.165, 1.54) is 24.3 Å². The zero-order valence-corrected chi connectivity index (χ0v) is 27.3. The Labute approximate surface area is 280 Å². The Hall–Kier alpha value is -4.60. The number of anilines is 1. The highest BCUT2D eigenvalue weighted by Gasteiger charge is 2.49. The third kappa shape index (κ3) is 4.58. The molecule has 0 amide bonds. The lowest BCUT2D eigenvalue weighted by Crippen LogP contribution is -2.52. The molecule has 49 heavy (non-hydrogen) atoms. The van der Waals surface area contributed by atoms with E-state index in [2.05, 4.69) is 37.6 Å². The Morgan fingerprint density at radius 2 is 1.88 bits per heavy atom. The first-order chi connectivity index (χ1) is 23.6. The number of nitrogens with zero attached hydrogens (tertiary/aromatic N) is 6. The van der Waals surface area contributed by atoms with Crippen LogP contribution in [0.4, 0.5) is 19.0 Å². The van der Waals surface area contributed by atoms with Crippen LogP contribution < -0.4 is 9.64 Å². The fourth-order valence-electron chi connectivity index (χ4n) is 9.02. The smallest absolute Gasteiger partial charge is 0.319 e. The van der Waals surface area contributed by atoms with E-state index >= 15 is 8.78 Å². The van der Waals surface area contributed by atoms with Crippen LogP contribution in [0.3, 0.4) is 0 Å². The number of ether oxygens (including phenoxy) is 1. The van der Waals surface area contributed by atoms with E-state index in [4.69, 9.17) is 20.6 Å². The zero-order valence-electron chi connectivity index (χ0n) is 27.3. The molecule has 0 saturated carbocycles. The minimum absolute atomic E-state index is 0.0196. The molecule has 4 atom stereocenters. The van der Waals surface area contributed by atoms with Crippen molar-refractivity contribution in [3.05, 3.63) is 47.4 Å². The van der Waals surface area contributed by atoms with Gasteiger partial charge in [0.15, 0.2) is 17.3 Å². The minimum Gasteiger partial charge on any atom is -0.508 e. The molecular formula is C37H35F3N6O3. The molecule has 2 bridgehead atoms. The first kappa shape index (κ1) is 30.5. The second-order valence-corrected chi connectivity index (χ2v) is 14.1. The Morgan fingerprint density at radius 1 is 1.08 bits per heavy atom. The van der Waals surface area contributed by atoms with Gasteiger partial charge in [0.05, 0.1) is 22.1 Å². The molecule has 3 aromatic carbocycles. The van der Waals surface area contributed by atoms with E-state index in [1.54, 1.807) is 6.92 Å². The number of aromatic nitrogens is 3. The third-order valence-electron chi connectivity index (χ3n) is 11.3. The summed E-state index contributed by atoms with van der Waals surface area (Å²) in [4.78, 5) is 20.9. The Bertz CT molecular complexity index is 2220. The summed E-state index contributed by atoms with van der Waals surface area (Å²) in [6.07, 6.45) is 9.04. The first-order valence-electron chi connectivity index (χ1n) is 16.9. The summed E-state index contributed by atoms with van der Waals surface area (Å²) < 4.78 is 59.8. The van der Waals surface area contributed by atoms with Crippen molar-refractivity contribution in [2.45, 2.75) is 62.8 Å². The third-order valence-corrected chi connectivity index (χ3v) is 11.3. The normalized spacial score (nSPS) is 25.6. The molecule has 5 aromatic rings. The molecule has 0 aliphatic carbocycles. The number of benzene rings is 3. The van der Waals surface area contributed by atoms with Crippen molar-refractivity contribution in [1.29, 1.82) is 0 Å². The maximum Gasteiger partial charge on any atom is 0.319 e. The van der Waals surface area contributed by atoms with E-state index in [9.17, 15) is 9.50 Å². The predicted octanol–water partition coefficient (Wildman–Crippen LogP) is 6.10. The molecule has 0 radical (unpaired) electrons. The average Bonchev–Trinajstić information content (AvgIpc) is 3.77. The van der Waals surface area contributed by atoms with Crippen LogP contribution in [0.15, 0.2) is 28.7 Å². The summed E-state index contributed by atoms with van der Waals surface area (Å²) in [5.74, 6) is 1.60. The Balaban J connectivity index is 1.29. The molecule has 4 aliphatic heterocycles. The number of terminal acetylenes is 1. The van der Waals surface area contributed by atoms with Gasteiger partial charge < -0.3 is 19.2 Å². The number of hydrogen-bond acceptors (Lipinski definition) is 9. The number of piperazine rings is 1. The van der Waals surface area contributed by atoms with Crippen molar-refractivity contribution in [2.75, 3.05) is 44.7 Å². The van der Waals surface area contributed by atoms with Crippen LogP contribution in [0.25, 0.3) is 43.9 Å². The van der Waals surface area contributed by atoms with Gasteiger partial charge in [-0.2, -0.15) is 9.97 Å². The first-order valence-corrected chi connectivity index (χ1v) is 16.9. The molecule has 2 aromatic heterocycles. The van der Waals surface area contributed by atoms with Gasteiger partial charge in [0, 0.05) is 50.4 Å². The van der Waals surface area contributed by atoms with E-state index in [-0.39, 0.29) is 63.0 Å². The van der Waals surface area contributed by atoms with Crippen molar-refractivity contribution in [3.8, 4) is 35.2 Å². The monoisotopic (exact) mass is 668 g/mol. The molecule has 252 valence electrons. The molecule has 9 rings (SSSR count). The van der Waals surface area contributed by atoms with Crippen LogP contribution in [0.1, 0.15) is 43.6 Å². The number of alkyl halides is 1. The summed E-state index contributed by atoms with van der Waals surface area (Å²) >= 11 is 0. The maximum absolute atomic E-state index is 17.5. The van der Waals surface area contributed by atoms with Gasteiger partial charge in [0.25, 0.3) is 0 Å². The summed E-state index contributed by atoms with van der Waals surface area (Å²) in [7, 11) is 2.13. The van der Waals surface area contributed by atoms with Gasteiger partial charge in [0.1, 0.15) is 41.2 Å². The highest BCUT2D eigenvalue weighted by atomic mass is 19.1. The van der Waals surface area contributed by atoms with Crippen molar-refractivity contribution in [2.24, 2.45) is 0 Å². The van der Waals surface area contributed by atoms with Gasteiger partial charge in [-0.15, -0.1) is 6.42 Å². The van der Waals surface area contributed by atoms with Crippen LogP contribution in [0, 0.1) is 30.9 Å². The molecule has 4 saturated heterocycles. The summed E-state index contributed by atoms with van der Waals surface area (Å²) in [6, 6.07) is 6.10. The maximum atomic E-state index is 17.5. The van der Waals surface area contributed by atoms with E-state index in [0.29, 0.717) is 54.7 Å². The highest BCUT2D eigenvalue weighted by molar-refractivity contribution is 6.16. The number of hydrogen-bond donors (Lipinski definition) is 1. The number of rotatable bonds is 5. The number of phenolic OH excluding ortho intramolecular Hbond substituents is 1. The van der Waals surface area contributed by atoms with Crippen LogP contribution in [0.5, 0.6) is 11.8 Å². The van der Waals surface area contributed by atoms with Gasteiger partial charge in [-0.05, 0) is 68.4 Å². The molecule has 0 spiro atoms. The molecule has 6 heterocycles. The number of oxazole rings is 1. The quantitative estimate of drug-likeness (QED) is 0.223. The molecule has 1 N–H and O–H groups in total. The number of likely N-dealkylation sites (N-methyl/N-ethyl adjacent to an activating group) is 1. The van der Waals surface area contributed by atoms with E-state index < -0.39 is 23.3 Å². The van der Waals surface area contributed by atoms with Crippen LogP contribution in [-0.2, 0) is 0 Å². The molecule has 4 fully saturated rings. The molecule has 2 unspecified atom stereocenters. The Morgan fingerprint density at radius 3 is 2.65 bits per heavy atom. The SMILES string of the molecule is C#Cc1c(F)ccc2cc(O)cc(-c3c(F)c4nc(OC[C@@]56CCCN5C[C@H](F)C6)nc(N5CC6CCC(C5)N6C)c4c4oc(C)nc34)c12. The fourth-order valence-corrected chi connectivity index (χ4v) is 9.02. The standard InChI is InChI=1S/C37H35F3N6O3/c1-4-25-27(39)9-6-20-12-24(47)13-26(28(20)25)29-31(40)32-30(34-33(29)41-19(2)49-34)35(45-16-22-7-8-23(17-45)44(22)3)43-36(42-32)48-18-37-10-5-11-46(37)15-21(38)14-37/h1,6,9,12-13,21-23,47H,5,7-8,10-11,14-18H2,2-3H3/t21-,22?,23?,37+/m1/s1. The summed E-state index contributed by atoms with van der Waals surface area (Å²) in [5.41, 5.74) is -0.0222. The lowest BCUT2D eigenvalue weighted by atomic mass is 9.92. The molecular weight excluding hydrogens is 633 g/mol. The van der Waals surface area contributed by atoms with Gasteiger partial charge in [-0.25, -0.2) is 18.2 Å². The Kier molecular flexibility index (Phi) is 6.81. The lowest BCUT2D eigenvalue weighted by molar-refractivity contribution is 0.107. The van der Waals surface area contributed by atoms with Crippen LogP contribution >= 0.6 is 0 Å². The van der Waals surface area contributed by atoms with Gasteiger partial charge >= 0.3 is 6.01 Å².